The second kappa shape index (κ2) is 9.12. The molecule has 1 aliphatic rings. The average Bonchev–Trinajstić information content (AvgIpc) is 2.80. The molecule has 1 aromatic rings. The number of anilines is 1. The van der Waals surface area contributed by atoms with Crippen molar-refractivity contribution in [2.24, 2.45) is 0 Å². The smallest absolute Gasteiger partial charge is 0.324 e. The van der Waals surface area contributed by atoms with Crippen LogP contribution in [-0.4, -0.2) is 42.9 Å². The molecule has 1 aliphatic heterocycles. The van der Waals surface area contributed by atoms with Gasteiger partial charge in [-0.1, -0.05) is 12.1 Å². The molecule has 126 valence electrons. The summed E-state index contributed by atoms with van der Waals surface area (Å²) in [6, 6.07) is 6.78. The number of imide groups is 1. The molecule has 3 N–H and O–H groups in total. The molecule has 8 heteroatoms. The van der Waals surface area contributed by atoms with Gasteiger partial charge in [0.1, 0.15) is 0 Å². The monoisotopic (exact) mass is 340 g/mol. The predicted octanol–water partition coefficient (Wildman–Crippen LogP) is 1.10. The van der Waals surface area contributed by atoms with Crippen molar-refractivity contribution in [3.63, 3.8) is 0 Å². The summed E-state index contributed by atoms with van der Waals surface area (Å²) in [5.41, 5.74) is 1.46. The van der Waals surface area contributed by atoms with Gasteiger partial charge in [0.05, 0.1) is 13.1 Å². The molecule has 0 aliphatic carbocycles. The molecule has 1 saturated heterocycles. The molecule has 0 bridgehead atoms. The third kappa shape index (κ3) is 5.54. The molecule has 23 heavy (non-hydrogen) atoms. The Morgan fingerprint density at radius 1 is 1.35 bits per heavy atom. The number of halogens is 1. The van der Waals surface area contributed by atoms with Gasteiger partial charge in [-0.25, -0.2) is 4.79 Å². The van der Waals surface area contributed by atoms with Crippen molar-refractivity contribution >= 4 is 35.9 Å². The van der Waals surface area contributed by atoms with Gasteiger partial charge in [-0.2, -0.15) is 0 Å². The summed E-state index contributed by atoms with van der Waals surface area (Å²) in [5.74, 6) is -0.297. The highest BCUT2D eigenvalue weighted by atomic mass is 35.5. The minimum absolute atomic E-state index is 0. The molecule has 4 amide bonds. The van der Waals surface area contributed by atoms with Crippen LogP contribution in [0, 0.1) is 0 Å². The zero-order chi connectivity index (χ0) is 15.9. The van der Waals surface area contributed by atoms with Crippen molar-refractivity contribution in [2.75, 3.05) is 25.5 Å². The second-order valence-corrected chi connectivity index (χ2v) is 5.09. The minimum atomic E-state index is -0.383. The van der Waals surface area contributed by atoms with Crippen LogP contribution in [0.2, 0.25) is 0 Å². The van der Waals surface area contributed by atoms with Crippen LogP contribution >= 0.6 is 12.4 Å². The van der Waals surface area contributed by atoms with Crippen molar-refractivity contribution in [3.8, 4) is 0 Å². The van der Waals surface area contributed by atoms with Crippen LogP contribution in [0.4, 0.5) is 10.5 Å². The molecule has 0 aromatic heterocycles. The lowest BCUT2D eigenvalue weighted by atomic mass is 10.2. The van der Waals surface area contributed by atoms with E-state index in [1.165, 1.54) is 0 Å². The van der Waals surface area contributed by atoms with Crippen molar-refractivity contribution in [3.05, 3.63) is 29.8 Å². The van der Waals surface area contributed by atoms with Gasteiger partial charge in [0, 0.05) is 12.1 Å². The van der Waals surface area contributed by atoms with Crippen molar-refractivity contribution in [1.29, 1.82) is 0 Å². The topological polar surface area (TPSA) is 90.5 Å². The van der Waals surface area contributed by atoms with Gasteiger partial charge < -0.3 is 16.0 Å². The fourth-order valence-electron chi connectivity index (χ4n) is 2.19. The molecule has 0 unspecified atom stereocenters. The van der Waals surface area contributed by atoms with E-state index in [-0.39, 0.29) is 43.3 Å². The number of nitrogens with one attached hydrogen (secondary N) is 3. The number of nitrogens with zero attached hydrogens (tertiary/aromatic N) is 1. The van der Waals surface area contributed by atoms with Crippen molar-refractivity contribution < 1.29 is 14.4 Å². The number of rotatable bonds is 7. The summed E-state index contributed by atoms with van der Waals surface area (Å²) in [6.45, 7) is 1.04. The van der Waals surface area contributed by atoms with Gasteiger partial charge >= 0.3 is 6.03 Å². The average molecular weight is 341 g/mol. The standard InChI is InChI=1S/C15H20N4O3.ClH/c1-16-7-3-6-13(20)18-12-5-2-4-11(8-12)10-19-14(21)9-17-15(19)22;/h2,4-5,8,16H,3,6-7,9-10H2,1H3,(H,17,22)(H,18,20);1H. The molecule has 1 heterocycles. The van der Waals surface area contributed by atoms with E-state index in [4.69, 9.17) is 0 Å². The molecule has 1 fully saturated rings. The molecule has 1 aromatic carbocycles. The fraction of sp³-hybridized carbons (Fsp3) is 0.400. The van der Waals surface area contributed by atoms with Crippen LogP contribution in [-0.2, 0) is 16.1 Å². The van der Waals surface area contributed by atoms with Crippen LogP contribution in [0.15, 0.2) is 24.3 Å². The highest BCUT2D eigenvalue weighted by molar-refractivity contribution is 6.01. The fourth-order valence-corrected chi connectivity index (χ4v) is 2.19. The van der Waals surface area contributed by atoms with Gasteiger partial charge in [-0.3, -0.25) is 14.5 Å². The number of urea groups is 1. The third-order valence-corrected chi connectivity index (χ3v) is 3.32. The quantitative estimate of drug-likeness (QED) is 0.512. The SMILES string of the molecule is CNCCCC(=O)Nc1cccc(CN2C(=O)CNC2=O)c1.Cl. The van der Waals surface area contributed by atoms with E-state index < -0.39 is 0 Å². The molecule has 7 nitrogen and oxygen atoms in total. The van der Waals surface area contributed by atoms with E-state index in [1.807, 2.05) is 13.1 Å². The summed E-state index contributed by atoms with van der Waals surface area (Å²) in [6.07, 6.45) is 1.21. The Morgan fingerprint density at radius 3 is 2.78 bits per heavy atom. The minimum Gasteiger partial charge on any atom is -0.329 e. The highest BCUT2D eigenvalue weighted by Gasteiger charge is 2.28. The van der Waals surface area contributed by atoms with E-state index in [0.717, 1.165) is 23.4 Å². The Hall–Kier alpha value is -2.12. The second-order valence-electron chi connectivity index (χ2n) is 5.09. The van der Waals surface area contributed by atoms with Crippen LogP contribution in [0.1, 0.15) is 18.4 Å². The number of benzene rings is 1. The maximum Gasteiger partial charge on any atom is 0.324 e. The molecule has 0 spiro atoms. The van der Waals surface area contributed by atoms with Gasteiger partial charge in [0.25, 0.3) is 0 Å². The van der Waals surface area contributed by atoms with Crippen LogP contribution in [0.3, 0.4) is 0 Å². The molecule has 0 atom stereocenters. The zero-order valence-corrected chi connectivity index (χ0v) is 13.7. The number of carbonyl (C=O) groups excluding carboxylic acids is 3. The maximum absolute atomic E-state index is 11.8. The summed E-state index contributed by atoms with van der Waals surface area (Å²) in [5, 5.41) is 8.28. The largest absolute Gasteiger partial charge is 0.329 e. The Bertz CT molecular complexity index is 564. The number of carbonyl (C=O) groups is 3. The molecule has 0 radical (unpaired) electrons. The molecule has 2 rings (SSSR count). The lowest BCUT2D eigenvalue weighted by molar-refractivity contribution is -0.125. The number of amides is 4. The highest BCUT2D eigenvalue weighted by Crippen LogP contribution is 2.14. The molecule has 0 saturated carbocycles. The Morgan fingerprint density at radius 2 is 2.13 bits per heavy atom. The van der Waals surface area contributed by atoms with Gasteiger partial charge in [0.15, 0.2) is 0 Å². The van der Waals surface area contributed by atoms with Crippen LogP contribution < -0.4 is 16.0 Å². The van der Waals surface area contributed by atoms with Gasteiger partial charge in [0.2, 0.25) is 11.8 Å². The number of hydrogen-bond acceptors (Lipinski definition) is 4. The van der Waals surface area contributed by atoms with E-state index in [0.29, 0.717) is 12.1 Å². The Labute approximate surface area is 141 Å². The Balaban J connectivity index is 0.00000264. The maximum atomic E-state index is 11.8. The summed E-state index contributed by atoms with van der Waals surface area (Å²) < 4.78 is 0. The summed E-state index contributed by atoms with van der Waals surface area (Å²) >= 11 is 0. The first-order chi connectivity index (χ1) is 10.6. The van der Waals surface area contributed by atoms with E-state index in [9.17, 15) is 14.4 Å². The first-order valence-electron chi connectivity index (χ1n) is 7.21. The first-order valence-corrected chi connectivity index (χ1v) is 7.21. The van der Waals surface area contributed by atoms with E-state index in [1.54, 1.807) is 18.2 Å². The van der Waals surface area contributed by atoms with E-state index in [2.05, 4.69) is 16.0 Å². The first kappa shape index (κ1) is 18.9. The summed E-state index contributed by atoms with van der Waals surface area (Å²) in [4.78, 5) is 36.0. The number of hydrogen-bond donors (Lipinski definition) is 3. The van der Waals surface area contributed by atoms with Crippen molar-refractivity contribution in [2.45, 2.75) is 19.4 Å². The third-order valence-electron chi connectivity index (χ3n) is 3.32. The van der Waals surface area contributed by atoms with Crippen LogP contribution in [0.25, 0.3) is 0 Å². The lowest BCUT2D eigenvalue weighted by Crippen LogP contribution is -2.30. The predicted molar refractivity (Wildman–Crippen MR) is 89.4 cm³/mol. The van der Waals surface area contributed by atoms with Gasteiger partial charge in [-0.05, 0) is 37.7 Å². The zero-order valence-electron chi connectivity index (χ0n) is 12.9. The van der Waals surface area contributed by atoms with Crippen molar-refractivity contribution in [1.82, 2.24) is 15.5 Å². The summed E-state index contributed by atoms with van der Waals surface area (Å²) in [7, 11) is 1.84. The van der Waals surface area contributed by atoms with Crippen LogP contribution in [0.5, 0.6) is 0 Å². The Kier molecular flexibility index (Phi) is 7.50. The van der Waals surface area contributed by atoms with E-state index >= 15 is 0 Å². The lowest BCUT2D eigenvalue weighted by Gasteiger charge is -2.13. The molecular formula is C15H21ClN4O3. The molecular weight excluding hydrogens is 320 g/mol. The van der Waals surface area contributed by atoms with Gasteiger partial charge in [-0.15, -0.1) is 12.4 Å². The normalized spacial score (nSPS) is 13.5.